The Hall–Kier alpha value is -1.60. The van der Waals surface area contributed by atoms with Crippen molar-refractivity contribution in [2.24, 2.45) is 0 Å². The minimum Gasteiger partial charge on any atom is -0.506 e. The van der Waals surface area contributed by atoms with Gasteiger partial charge >= 0.3 is 0 Å². The second-order valence-corrected chi connectivity index (χ2v) is 7.17. The Labute approximate surface area is 130 Å². The number of aryl methyl sites for hydroxylation is 2. The third kappa shape index (κ3) is 3.36. The molecule has 0 aliphatic carbocycles. The fraction of sp³-hybridized carbons (Fsp3) is 0.143. The smallest absolute Gasteiger partial charge is 0.262 e. The Morgan fingerprint density at radius 2 is 1.71 bits per heavy atom. The van der Waals surface area contributed by atoms with Gasteiger partial charge in [-0.15, -0.1) is 0 Å². The zero-order valence-electron chi connectivity index (χ0n) is 11.3. The van der Waals surface area contributed by atoms with Gasteiger partial charge in [-0.05, 0) is 55.3 Å². The lowest BCUT2D eigenvalue weighted by molar-refractivity contribution is 0.477. The number of sulfonamides is 1. The largest absolute Gasteiger partial charge is 0.506 e. The SMILES string of the molecule is Cc1cc(F)cc(C)c1S(=O)(=O)Nc1cc(Br)ccc1O. The topological polar surface area (TPSA) is 66.4 Å². The van der Waals surface area contributed by atoms with Crippen molar-refractivity contribution < 1.29 is 17.9 Å². The third-order valence-corrected chi connectivity index (χ3v) is 5.06. The highest BCUT2D eigenvalue weighted by Crippen LogP contribution is 2.30. The van der Waals surface area contributed by atoms with Crippen molar-refractivity contribution >= 4 is 31.6 Å². The number of aromatic hydroxyl groups is 1. The lowest BCUT2D eigenvalue weighted by atomic mass is 10.1. The maximum absolute atomic E-state index is 13.3. The highest BCUT2D eigenvalue weighted by molar-refractivity contribution is 9.10. The van der Waals surface area contributed by atoms with E-state index in [0.29, 0.717) is 15.6 Å². The van der Waals surface area contributed by atoms with Gasteiger partial charge in [-0.3, -0.25) is 4.72 Å². The molecule has 0 saturated heterocycles. The highest BCUT2D eigenvalue weighted by atomic mass is 79.9. The van der Waals surface area contributed by atoms with Gasteiger partial charge in [0.25, 0.3) is 10.0 Å². The van der Waals surface area contributed by atoms with Crippen LogP contribution in [0.15, 0.2) is 39.7 Å². The number of rotatable bonds is 3. The predicted octanol–water partition coefficient (Wildman–Crippen LogP) is 3.71. The van der Waals surface area contributed by atoms with Crippen molar-refractivity contribution in [3.05, 3.63) is 51.7 Å². The van der Waals surface area contributed by atoms with Gasteiger partial charge in [0.05, 0.1) is 10.6 Å². The molecule has 0 unspecified atom stereocenters. The van der Waals surface area contributed by atoms with Crippen LogP contribution in [-0.4, -0.2) is 13.5 Å². The third-order valence-electron chi connectivity index (χ3n) is 2.90. The van der Waals surface area contributed by atoms with Crippen LogP contribution in [0, 0.1) is 19.7 Å². The average Bonchev–Trinajstić information content (AvgIpc) is 2.31. The summed E-state index contributed by atoms with van der Waals surface area (Å²) in [5.41, 5.74) is 0.650. The molecule has 0 aliphatic rings. The van der Waals surface area contributed by atoms with Crippen LogP contribution in [0.4, 0.5) is 10.1 Å². The number of hydrogen-bond donors (Lipinski definition) is 2. The molecule has 0 saturated carbocycles. The van der Waals surface area contributed by atoms with E-state index < -0.39 is 15.8 Å². The maximum atomic E-state index is 13.3. The lowest BCUT2D eigenvalue weighted by Gasteiger charge is -2.14. The van der Waals surface area contributed by atoms with Crippen molar-refractivity contribution in [1.82, 2.24) is 0 Å². The Morgan fingerprint density at radius 1 is 1.14 bits per heavy atom. The zero-order chi connectivity index (χ0) is 15.8. The van der Waals surface area contributed by atoms with Crippen LogP contribution in [0.3, 0.4) is 0 Å². The number of phenols is 1. The van der Waals surface area contributed by atoms with Crippen molar-refractivity contribution in [2.45, 2.75) is 18.7 Å². The summed E-state index contributed by atoms with van der Waals surface area (Å²) in [4.78, 5) is 0.00303. The van der Waals surface area contributed by atoms with E-state index in [4.69, 9.17) is 0 Å². The Balaban J connectivity index is 2.51. The van der Waals surface area contributed by atoms with Crippen molar-refractivity contribution in [3.63, 3.8) is 0 Å². The zero-order valence-corrected chi connectivity index (χ0v) is 13.7. The van der Waals surface area contributed by atoms with Crippen LogP contribution in [0.2, 0.25) is 0 Å². The van der Waals surface area contributed by atoms with E-state index in [9.17, 15) is 17.9 Å². The van der Waals surface area contributed by atoms with Crippen LogP contribution in [0.1, 0.15) is 11.1 Å². The molecule has 0 atom stereocenters. The number of anilines is 1. The summed E-state index contributed by atoms with van der Waals surface area (Å²) < 4.78 is 41.1. The quantitative estimate of drug-likeness (QED) is 0.805. The molecule has 0 aliphatic heterocycles. The molecule has 0 amide bonds. The molecular weight excluding hydrogens is 361 g/mol. The van der Waals surface area contributed by atoms with Gasteiger partial charge in [-0.2, -0.15) is 0 Å². The first-order chi connectivity index (χ1) is 9.70. The summed E-state index contributed by atoms with van der Waals surface area (Å²) in [5, 5.41) is 9.72. The van der Waals surface area contributed by atoms with Crippen LogP contribution in [-0.2, 0) is 10.0 Å². The summed E-state index contributed by atoms with van der Waals surface area (Å²) >= 11 is 3.20. The normalized spacial score (nSPS) is 11.4. The first-order valence-electron chi connectivity index (χ1n) is 5.99. The molecule has 21 heavy (non-hydrogen) atoms. The minimum atomic E-state index is -3.93. The average molecular weight is 374 g/mol. The summed E-state index contributed by atoms with van der Waals surface area (Å²) in [6.07, 6.45) is 0. The molecule has 0 aromatic heterocycles. The first kappa shape index (κ1) is 15.8. The number of phenolic OH excluding ortho intramolecular Hbond substituents is 1. The Bertz CT molecular complexity index is 783. The molecule has 0 spiro atoms. The van der Waals surface area contributed by atoms with Gasteiger partial charge in [-0.25, -0.2) is 12.8 Å². The highest BCUT2D eigenvalue weighted by Gasteiger charge is 2.21. The molecule has 0 bridgehead atoms. The number of benzene rings is 2. The molecule has 112 valence electrons. The fourth-order valence-electron chi connectivity index (χ4n) is 2.11. The molecule has 4 nitrogen and oxygen atoms in total. The van der Waals surface area contributed by atoms with Crippen molar-refractivity contribution in [1.29, 1.82) is 0 Å². The molecule has 2 rings (SSSR count). The lowest BCUT2D eigenvalue weighted by Crippen LogP contribution is -2.16. The van der Waals surface area contributed by atoms with E-state index in [0.717, 1.165) is 12.1 Å². The number of hydrogen-bond acceptors (Lipinski definition) is 3. The minimum absolute atomic E-state index is 0.00303. The van der Waals surface area contributed by atoms with Gasteiger partial charge in [0.1, 0.15) is 11.6 Å². The standard InChI is InChI=1S/C14H13BrFNO3S/c1-8-5-11(16)6-9(2)14(8)21(19,20)17-12-7-10(15)3-4-13(12)18/h3-7,17-18H,1-2H3. The molecule has 2 aromatic rings. The molecule has 2 N–H and O–H groups in total. The fourth-order valence-corrected chi connectivity index (χ4v) is 3.99. The first-order valence-corrected chi connectivity index (χ1v) is 8.26. The van der Waals surface area contributed by atoms with E-state index in [1.165, 1.54) is 26.0 Å². The second-order valence-electron chi connectivity index (χ2n) is 4.64. The van der Waals surface area contributed by atoms with E-state index in [-0.39, 0.29) is 16.3 Å². The van der Waals surface area contributed by atoms with Crippen LogP contribution in [0.5, 0.6) is 5.75 Å². The molecular formula is C14H13BrFNO3S. The monoisotopic (exact) mass is 373 g/mol. The van der Waals surface area contributed by atoms with E-state index in [1.54, 1.807) is 6.07 Å². The predicted molar refractivity (Wildman–Crippen MR) is 82.5 cm³/mol. The van der Waals surface area contributed by atoms with Gasteiger partial charge in [-0.1, -0.05) is 15.9 Å². The number of nitrogens with one attached hydrogen (secondary N) is 1. The van der Waals surface area contributed by atoms with Crippen LogP contribution < -0.4 is 4.72 Å². The summed E-state index contributed by atoms with van der Waals surface area (Å²) in [7, 11) is -3.93. The second kappa shape index (κ2) is 5.65. The Kier molecular flexibility index (Phi) is 4.25. The molecule has 7 heteroatoms. The van der Waals surface area contributed by atoms with E-state index in [1.807, 2.05) is 0 Å². The summed E-state index contributed by atoms with van der Waals surface area (Å²) in [5.74, 6) is -0.687. The molecule has 0 radical (unpaired) electrons. The maximum Gasteiger partial charge on any atom is 0.262 e. The van der Waals surface area contributed by atoms with Crippen LogP contribution in [0.25, 0.3) is 0 Å². The summed E-state index contributed by atoms with van der Waals surface area (Å²) in [6, 6.07) is 6.71. The van der Waals surface area contributed by atoms with Gasteiger partial charge in [0.15, 0.2) is 0 Å². The van der Waals surface area contributed by atoms with Gasteiger partial charge < -0.3 is 5.11 Å². The number of halogens is 2. The van der Waals surface area contributed by atoms with Gasteiger partial charge in [0.2, 0.25) is 0 Å². The van der Waals surface area contributed by atoms with Crippen molar-refractivity contribution in [2.75, 3.05) is 4.72 Å². The molecule has 0 fully saturated rings. The summed E-state index contributed by atoms with van der Waals surface area (Å²) in [6.45, 7) is 3.04. The van der Waals surface area contributed by atoms with Crippen LogP contribution >= 0.6 is 15.9 Å². The van der Waals surface area contributed by atoms with E-state index in [2.05, 4.69) is 20.7 Å². The van der Waals surface area contributed by atoms with Gasteiger partial charge in [0, 0.05) is 4.47 Å². The molecule has 0 heterocycles. The Morgan fingerprint density at radius 3 is 2.29 bits per heavy atom. The van der Waals surface area contributed by atoms with E-state index >= 15 is 0 Å². The van der Waals surface area contributed by atoms with Crippen molar-refractivity contribution in [3.8, 4) is 5.75 Å². The molecule has 2 aromatic carbocycles.